The van der Waals surface area contributed by atoms with Gasteiger partial charge in [-0.15, -0.1) is 0 Å². The second-order valence-electron chi connectivity index (χ2n) is 3.09. The number of hydrogen-bond donors (Lipinski definition) is 0. The molecule has 0 amide bonds. The number of carbonyl (C=O) groups excluding carboxylic acids is 1. The van der Waals surface area contributed by atoms with Gasteiger partial charge in [0.1, 0.15) is 0 Å². The molecule has 1 atom stereocenters. The summed E-state index contributed by atoms with van der Waals surface area (Å²) in [7, 11) is 0. The Hall–Kier alpha value is -0.570. The van der Waals surface area contributed by atoms with Gasteiger partial charge in [-0.25, -0.2) is 0 Å². The van der Waals surface area contributed by atoms with Gasteiger partial charge in [0, 0.05) is 19.6 Å². The van der Waals surface area contributed by atoms with E-state index >= 15 is 0 Å². The van der Waals surface area contributed by atoms with Crippen LogP contribution in [0.2, 0.25) is 0 Å². The molecule has 0 aromatic carbocycles. The fourth-order valence-electron chi connectivity index (χ4n) is 1.25. The first-order valence-electron chi connectivity index (χ1n) is 4.56. The first-order valence-corrected chi connectivity index (χ1v) is 4.56. The molecule has 1 fully saturated rings. The fraction of sp³-hybridized carbons (Fsp3) is 0.889. The van der Waals surface area contributed by atoms with E-state index in [1.807, 2.05) is 0 Å². The summed E-state index contributed by atoms with van der Waals surface area (Å²) in [6.07, 6.45) is 2.54. The highest BCUT2D eigenvalue weighted by atomic mass is 16.5. The quantitative estimate of drug-likeness (QED) is 0.601. The highest BCUT2D eigenvalue weighted by molar-refractivity contribution is 5.68. The van der Waals surface area contributed by atoms with Gasteiger partial charge >= 0.3 is 5.97 Å². The lowest BCUT2D eigenvalue weighted by molar-refractivity contribution is -0.143. The normalized spacial score (nSPS) is 22.6. The van der Waals surface area contributed by atoms with Gasteiger partial charge in [-0.3, -0.25) is 4.79 Å². The molecule has 0 saturated carbocycles. The number of carbonyl (C=O) groups is 1. The number of ether oxygens (including phenoxy) is 2. The van der Waals surface area contributed by atoms with E-state index in [1.165, 1.54) is 0 Å². The third kappa shape index (κ3) is 3.22. The summed E-state index contributed by atoms with van der Waals surface area (Å²) in [6, 6.07) is 0. The topological polar surface area (TPSA) is 35.5 Å². The molecule has 12 heavy (non-hydrogen) atoms. The molecule has 0 aromatic rings. The summed E-state index contributed by atoms with van der Waals surface area (Å²) < 4.78 is 10.2. The van der Waals surface area contributed by atoms with Gasteiger partial charge < -0.3 is 9.47 Å². The van der Waals surface area contributed by atoms with Gasteiger partial charge in [0.15, 0.2) is 0 Å². The highest BCUT2D eigenvalue weighted by Crippen LogP contribution is 2.15. The van der Waals surface area contributed by atoms with E-state index < -0.39 is 0 Å². The maximum Gasteiger partial charge on any atom is 0.305 e. The molecule has 1 aliphatic heterocycles. The monoisotopic (exact) mass is 172 g/mol. The minimum Gasteiger partial charge on any atom is -0.466 e. The largest absolute Gasteiger partial charge is 0.466 e. The van der Waals surface area contributed by atoms with E-state index in [2.05, 4.69) is 0 Å². The number of esters is 1. The molecule has 0 aliphatic carbocycles. The standard InChI is InChI=1S/C9H16O3/c1-2-9(10)12-6-4-8-3-5-11-7-8/h8H,2-7H2,1H3. The lowest BCUT2D eigenvalue weighted by Gasteiger charge is -2.06. The van der Waals surface area contributed by atoms with Crippen molar-refractivity contribution in [2.24, 2.45) is 5.92 Å². The SMILES string of the molecule is CCC(=O)OCCC1CCOC1. The average molecular weight is 172 g/mol. The first kappa shape index (κ1) is 9.52. The predicted octanol–water partition coefficient (Wildman–Crippen LogP) is 1.37. The zero-order chi connectivity index (χ0) is 8.81. The molecule has 1 heterocycles. The van der Waals surface area contributed by atoms with Crippen molar-refractivity contribution in [2.45, 2.75) is 26.2 Å². The van der Waals surface area contributed by atoms with E-state index in [0.29, 0.717) is 18.9 Å². The van der Waals surface area contributed by atoms with Gasteiger partial charge in [0.25, 0.3) is 0 Å². The second kappa shape index (κ2) is 5.14. The lowest BCUT2D eigenvalue weighted by atomic mass is 10.1. The summed E-state index contributed by atoms with van der Waals surface area (Å²) in [6.45, 7) is 4.07. The molecule has 1 unspecified atom stereocenters. The van der Waals surface area contributed by atoms with Crippen molar-refractivity contribution in [3.8, 4) is 0 Å². The van der Waals surface area contributed by atoms with Crippen molar-refractivity contribution in [1.82, 2.24) is 0 Å². The van der Waals surface area contributed by atoms with Crippen LogP contribution in [0.25, 0.3) is 0 Å². The van der Waals surface area contributed by atoms with E-state index in [4.69, 9.17) is 9.47 Å². The van der Waals surface area contributed by atoms with Crippen molar-refractivity contribution in [2.75, 3.05) is 19.8 Å². The predicted molar refractivity (Wildman–Crippen MR) is 44.8 cm³/mol. The van der Waals surface area contributed by atoms with Crippen molar-refractivity contribution >= 4 is 5.97 Å². The summed E-state index contributed by atoms with van der Waals surface area (Å²) in [5.41, 5.74) is 0. The molecule has 3 heteroatoms. The van der Waals surface area contributed by atoms with Crippen LogP contribution in [-0.2, 0) is 14.3 Å². The molecular weight excluding hydrogens is 156 g/mol. The zero-order valence-electron chi connectivity index (χ0n) is 7.54. The van der Waals surface area contributed by atoms with Crippen LogP contribution in [0.15, 0.2) is 0 Å². The van der Waals surface area contributed by atoms with Gasteiger partial charge in [-0.05, 0) is 18.8 Å². The molecule has 0 spiro atoms. The average Bonchev–Trinajstić information content (AvgIpc) is 2.57. The van der Waals surface area contributed by atoms with Crippen LogP contribution in [0, 0.1) is 5.92 Å². The van der Waals surface area contributed by atoms with Crippen LogP contribution in [-0.4, -0.2) is 25.8 Å². The number of hydrogen-bond acceptors (Lipinski definition) is 3. The molecule has 0 radical (unpaired) electrons. The van der Waals surface area contributed by atoms with Crippen LogP contribution in [0.4, 0.5) is 0 Å². The molecule has 3 nitrogen and oxygen atoms in total. The van der Waals surface area contributed by atoms with Crippen LogP contribution in [0.5, 0.6) is 0 Å². The van der Waals surface area contributed by atoms with Crippen LogP contribution in [0.3, 0.4) is 0 Å². The maximum absolute atomic E-state index is 10.7. The molecule has 1 saturated heterocycles. The Morgan fingerprint density at radius 2 is 2.50 bits per heavy atom. The van der Waals surface area contributed by atoms with E-state index in [0.717, 1.165) is 26.1 Å². The fourth-order valence-corrected chi connectivity index (χ4v) is 1.25. The molecular formula is C9H16O3. The zero-order valence-corrected chi connectivity index (χ0v) is 7.54. The van der Waals surface area contributed by atoms with Crippen molar-refractivity contribution in [3.05, 3.63) is 0 Å². The van der Waals surface area contributed by atoms with Crippen molar-refractivity contribution in [1.29, 1.82) is 0 Å². The van der Waals surface area contributed by atoms with Gasteiger partial charge in [-0.2, -0.15) is 0 Å². The Balaban J connectivity index is 1.97. The molecule has 1 aliphatic rings. The highest BCUT2D eigenvalue weighted by Gasteiger charge is 2.15. The Kier molecular flexibility index (Phi) is 4.08. The third-order valence-electron chi connectivity index (χ3n) is 2.10. The van der Waals surface area contributed by atoms with Crippen molar-refractivity contribution in [3.63, 3.8) is 0 Å². The van der Waals surface area contributed by atoms with E-state index in [1.54, 1.807) is 6.92 Å². The third-order valence-corrected chi connectivity index (χ3v) is 2.10. The Morgan fingerprint density at radius 3 is 3.08 bits per heavy atom. The van der Waals surface area contributed by atoms with E-state index in [9.17, 15) is 4.79 Å². The Morgan fingerprint density at radius 1 is 1.67 bits per heavy atom. The first-order chi connectivity index (χ1) is 5.83. The summed E-state index contributed by atoms with van der Waals surface area (Å²) in [5.74, 6) is 0.503. The molecule has 1 rings (SSSR count). The van der Waals surface area contributed by atoms with Gasteiger partial charge in [0.05, 0.1) is 6.61 Å². The molecule has 70 valence electrons. The Labute approximate surface area is 73.0 Å². The molecule has 0 bridgehead atoms. The Bertz CT molecular complexity index is 139. The van der Waals surface area contributed by atoms with Crippen LogP contribution >= 0.6 is 0 Å². The summed E-state index contributed by atoms with van der Waals surface area (Å²) >= 11 is 0. The second-order valence-corrected chi connectivity index (χ2v) is 3.09. The van der Waals surface area contributed by atoms with Gasteiger partial charge in [0.2, 0.25) is 0 Å². The smallest absolute Gasteiger partial charge is 0.305 e. The molecule has 0 aromatic heterocycles. The summed E-state index contributed by atoms with van der Waals surface area (Å²) in [5, 5.41) is 0. The van der Waals surface area contributed by atoms with Crippen molar-refractivity contribution < 1.29 is 14.3 Å². The minimum absolute atomic E-state index is 0.103. The minimum atomic E-state index is -0.103. The molecule has 0 N–H and O–H groups in total. The van der Waals surface area contributed by atoms with Gasteiger partial charge in [-0.1, -0.05) is 6.92 Å². The van der Waals surface area contributed by atoms with Crippen LogP contribution in [0.1, 0.15) is 26.2 Å². The number of rotatable bonds is 4. The lowest BCUT2D eigenvalue weighted by Crippen LogP contribution is -2.09. The summed E-state index contributed by atoms with van der Waals surface area (Å²) in [4.78, 5) is 10.7. The maximum atomic E-state index is 10.7. The van der Waals surface area contributed by atoms with Crippen LogP contribution < -0.4 is 0 Å². The van der Waals surface area contributed by atoms with E-state index in [-0.39, 0.29) is 5.97 Å².